The van der Waals surface area contributed by atoms with Crippen molar-refractivity contribution in [1.82, 2.24) is 5.32 Å². The number of rotatable bonds is 2. The quantitative estimate of drug-likeness (QED) is 0.748. The summed E-state index contributed by atoms with van der Waals surface area (Å²) in [6.07, 6.45) is 5.41. The Morgan fingerprint density at radius 2 is 2.27 bits per heavy atom. The summed E-state index contributed by atoms with van der Waals surface area (Å²) >= 11 is 1.78. The molecule has 3 nitrogen and oxygen atoms in total. The van der Waals surface area contributed by atoms with Gasteiger partial charge in [-0.3, -0.25) is 4.79 Å². The molecule has 1 heterocycles. The second-order valence-corrected chi connectivity index (χ2v) is 6.46. The average Bonchev–Trinajstić information content (AvgIpc) is 2.78. The van der Waals surface area contributed by atoms with Crippen molar-refractivity contribution in [2.45, 2.75) is 55.9 Å². The first-order valence-corrected chi connectivity index (χ1v) is 6.81. The van der Waals surface area contributed by atoms with E-state index in [1.165, 1.54) is 0 Å². The van der Waals surface area contributed by atoms with Crippen LogP contribution in [0.25, 0.3) is 0 Å². The van der Waals surface area contributed by atoms with E-state index in [9.17, 15) is 4.79 Å². The molecule has 0 bridgehead atoms. The molecule has 1 saturated carbocycles. The van der Waals surface area contributed by atoms with E-state index in [0.29, 0.717) is 0 Å². The molecule has 2 rings (SSSR count). The normalized spacial score (nSPS) is 40.7. The molecule has 1 aliphatic carbocycles. The van der Waals surface area contributed by atoms with Crippen molar-refractivity contribution >= 4 is 17.7 Å². The molecule has 3 N–H and O–H groups in total. The lowest BCUT2D eigenvalue weighted by atomic mass is 10.0. The molecule has 86 valence electrons. The molecule has 1 saturated heterocycles. The second-order valence-electron chi connectivity index (χ2n) is 4.86. The van der Waals surface area contributed by atoms with Crippen LogP contribution in [0, 0.1) is 0 Å². The highest BCUT2D eigenvalue weighted by atomic mass is 32.2. The van der Waals surface area contributed by atoms with Gasteiger partial charge in [0.05, 0.1) is 4.75 Å². The maximum atomic E-state index is 12.1. The Balaban J connectivity index is 1.91. The van der Waals surface area contributed by atoms with Crippen LogP contribution in [0.15, 0.2) is 0 Å². The van der Waals surface area contributed by atoms with Crippen LogP contribution in [-0.2, 0) is 4.79 Å². The molecular formula is C11H20N2OS. The molecule has 0 aromatic heterocycles. The van der Waals surface area contributed by atoms with Crippen molar-refractivity contribution in [2.75, 3.05) is 5.75 Å². The third-order valence-electron chi connectivity index (χ3n) is 3.59. The molecule has 1 aliphatic heterocycles. The zero-order valence-corrected chi connectivity index (χ0v) is 10.1. The van der Waals surface area contributed by atoms with Gasteiger partial charge in [-0.05, 0) is 44.8 Å². The fraction of sp³-hybridized carbons (Fsp3) is 0.909. The zero-order chi connectivity index (χ0) is 10.9. The summed E-state index contributed by atoms with van der Waals surface area (Å²) in [5.74, 6) is 1.31. The molecule has 0 radical (unpaired) electrons. The van der Waals surface area contributed by atoms with E-state index in [4.69, 9.17) is 5.73 Å². The molecule has 1 amide bonds. The summed E-state index contributed by atoms with van der Waals surface area (Å²) in [4.78, 5) is 12.1. The van der Waals surface area contributed by atoms with Crippen molar-refractivity contribution in [3.63, 3.8) is 0 Å². The molecule has 2 fully saturated rings. The number of carbonyl (C=O) groups is 1. The van der Waals surface area contributed by atoms with Gasteiger partial charge in [0.1, 0.15) is 0 Å². The summed E-state index contributed by atoms with van der Waals surface area (Å²) in [5, 5.41) is 3.13. The highest BCUT2D eigenvalue weighted by molar-refractivity contribution is 8.01. The number of nitrogens with two attached hydrogens (primary N) is 1. The van der Waals surface area contributed by atoms with Gasteiger partial charge in [0.2, 0.25) is 5.91 Å². The predicted octanol–water partition coefficient (Wildman–Crippen LogP) is 1.27. The highest BCUT2D eigenvalue weighted by Crippen LogP contribution is 2.38. The van der Waals surface area contributed by atoms with E-state index in [2.05, 4.69) is 12.2 Å². The summed E-state index contributed by atoms with van der Waals surface area (Å²) in [6, 6.07) is 0.388. The standard InChI is InChI=1S/C11H20N2OS/c1-11(6-3-7-15-11)10(14)13-9-5-2-4-8(9)12/h8-9H,2-7,12H2,1H3,(H,13,14). The minimum absolute atomic E-state index is 0.170. The molecule has 0 aromatic carbocycles. The number of hydrogen-bond donors (Lipinski definition) is 2. The van der Waals surface area contributed by atoms with Crippen LogP contribution in [0.1, 0.15) is 39.0 Å². The maximum Gasteiger partial charge on any atom is 0.236 e. The average molecular weight is 228 g/mol. The van der Waals surface area contributed by atoms with Gasteiger partial charge >= 0.3 is 0 Å². The zero-order valence-electron chi connectivity index (χ0n) is 9.29. The third-order valence-corrected chi connectivity index (χ3v) is 5.10. The van der Waals surface area contributed by atoms with Crippen LogP contribution >= 0.6 is 11.8 Å². The molecular weight excluding hydrogens is 208 g/mol. The summed E-state index contributed by atoms with van der Waals surface area (Å²) in [6.45, 7) is 2.06. The number of thioether (sulfide) groups is 1. The Kier molecular flexibility index (Phi) is 3.26. The molecule has 2 aliphatic rings. The third kappa shape index (κ3) is 2.31. The molecule has 4 heteroatoms. The van der Waals surface area contributed by atoms with Gasteiger partial charge in [-0.2, -0.15) is 0 Å². The van der Waals surface area contributed by atoms with Gasteiger partial charge in [-0.1, -0.05) is 0 Å². The van der Waals surface area contributed by atoms with Crippen LogP contribution in [0.4, 0.5) is 0 Å². The van der Waals surface area contributed by atoms with Crippen LogP contribution in [0.3, 0.4) is 0 Å². The Bertz CT molecular complexity index is 251. The fourth-order valence-electron chi connectivity index (χ4n) is 2.45. The van der Waals surface area contributed by atoms with Crippen molar-refractivity contribution in [2.24, 2.45) is 5.73 Å². The van der Waals surface area contributed by atoms with Gasteiger partial charge in [0.15, 0.2) is 0 Å². The monoisotopic (exact) mass is 228 g/mol. The molecule has 3 atom stereocenters. The molecule has 15 heavy (non-hydrogen) atoms. The molecule has 3 unspecified atom stereocenters. The fourth-order valence-corrected chi connectivity index (χ4v) is 3.67. The lowest BCUT2D eigenvalue weighted by Crippen LogP contribution is -2.50. The van der Waals surface area contributed by atoms with Gasteiger partial charge in [0, 0.05) is 12.1 Å². The number of carbonyl (C=O) groups excluding carboxylic acids is 1. The number of hydrogen-bond acceptors (Lipinski definition) is 3. The summed E-state index contributed by atoms with van der Waals surface area (Å²) < 4.78 is -0.192. The van der Waals surface area contributed by atoms with E-state index in [1.807, 2.05) is 0 Å². The van der Waals surface area contributed by atoms with Gasteiger partial charge < -0.3 is 11.1 Å². The first-order valence-electron chi connectivity index (χ1n) is 5.82. The van der Waals surface area contributed by atoms with E-state index in [1.54, 1.807) is 11.8 Å². The van der Waals surface area contributed by atoms with Crippen molar-refractivity contribution < 1.29 is 4.79 Å². The van der Waals surface area contributed by atoms with Gasteiger partial charge in [0.25, 0.3) is 0 Å². The minimum Gasteiger partial charge on any atom is -0.351 e. The van der Waals surface area contributed by atoms with Crippen LogP contribution in [-0.4, -0.2) is 28.5 Å². The smallest absolute Gasteiger partial charge is 0.236 e. The van der Waals surface area contributed by atoms with Gasteiger partial charge in [-0.25, -0.2) is 0 Å². The largest absolute Gasteiger partial charge is 0.351 e. The van der Waals surface area contributed by atoms with Crippen molar-refractivity contribution in [3.05, 3.63) is 0 Å². The molecule has 0 aromatic rings. The van der Waals surface area contributed by atoms with E-state index in [0.717, 1.165) is 37.9 Å². The van der Waals surface area contributed by atoms with Crippen LogP contribution in [0.5, 0.6) is 0 Å². The lowest BCUT2D eigenvalue weighted by molar-refractivity contribution is -0.123. The first kappa shape index (κ1) is 11.3. The second kappa shape index (κ2) is 4.34. The first-order chi connectivity index (χ1) is 7.12. The van der Waals surface area contributed by atoms with E-state index < -0.39 is 0 Å². The number of amides is 1. The number of nitrogens with one attached hydrogen (secondary N) is 1. The Morgan fingerprint density at radius 1 is 1.47 bits per heavy atom. The maximum absolute atomic E-state index is 12.1. The Labute approximate surface area is 95.6 Å². The van der Waals surface area contributed by atoms with Crippen molar-refractivity contribution in [1.29, 1.82) is 0 Å². The predicted molar refractivity (Wildman–Crippen MR) is 63.9 cm³/mol. The van der Waals surface area contributed by atoms with E-state index >= 15 is 0 Å². The highest BCUT2D eigenvalue weighted by Gasteiger charge is 2.39. The Hall–Kier alpha value is -0.220. The molecule has 0 spiro atoms. The summed E-state index contributed by atoms with van der Waals surface area (Å²) in [5.41, 5.74) is 5.95. The lowest BCUT2D eigenvalue weighted by Gasteiger charge is -2.26. The van der Waals surface area contributed by atoms with Crippen LogP contribution < -0.4 is 11.1 Å². The van der Waals surface area contributed by atoms with E-state index in [-0.39, 0.29) is 22.7 Å². The Morgan fingerprint density at radius 3 is 2.80 bits per heavy atom. The SMILES string of the molecule is CC1(C(=O)NC2CCCC2N)CCCS1. The minimum atomic E-state index is -0.192. The van der Waals surface area contributed by atoms with Crippen molar-refractivity contribution in [3.8, 4) is 0 Å². The topological polar surface area (TPSA) is 55.1 Å². The summed E-state index contributed by atoms with van der Waals surface area (Å²) in [7, 11) is 0. The van der Waals surface area contributed by atoms with Crippen LogP contribution in [0.2, 0.25) is 0 Å². The van der Waals surface area contributed by atoms with Gasteiger partial charge in [-0.15, -0.1) is 11.8 Å².